The predicted molar refractivity (Wildman–Crippen MR) is 77.5 cm³/mol. The van der Waals surface area contributed by atoms with E-state index in [2.05, 4.69) is 0 Å². The third-order valence-electron chi connectivity index (χ3n) is 3.57. The highest BCUT2D eigenvalue weighted by Gasteiger charge is 2.31. The smallest absolute Gasteiger partial charge is 0.255 e. The molecule has 116 valence electrons. The van der Waals surface area contributed by atoms with Gasteiger partial charge >= 0.3 is 0 Å². The zero-order valence-corrected chi connectivity index (χ0v) is 13.4. The van der Waals surface area contributed by atoms with Crippen molar-refractivity contribution in [1.29, 1.82) is 0 Å². The fourth-order valence-electron chi connectivity index (χ4n) is 2.12. The summed E-state index contributed by atoms with van der Waals surface area (Å²) in [5, 5.41) is 3.81. The molecule has 2 N–H and O–H groups in total. The number of amides is 1. The molecule has 2 rings (SSSR count). The van der Waals surface area contributed by atoms with E-state index in [0.29, 0.717) is 0 Å². The van der Waals surface area contributed by atoms with Crippen molar-refractivity contribution in [3.8, 4) is 0 Å². The van der Waals surface area contributed by atoms with Crippen molar-refractivity contribution in [3.63, 3.8) is 0 Å². The SMILES string of the molecule is CN(C(=O)c1cc(F)c(Cl)c(S(N)(=O)=O)c1Cl)C1CCC1. The van der Waals surface area contributed by atoms with E-state index in [1.165, 1.54) is 4.90 Å². The molecule has 1 aromatic carbocycles. The molecule has 1 aliphatic rings. The van der Waals surface area contributed by atoms with Gasteiger partial charge in [-0.05, 0) is 25.3 Å². The molecule has 1 fully saturated rings. The van der Waals surface area contributed by atoms with Crippen LogP contribution >= 0.6 is 23.2 Å². The fraction of sp³-hybridized carbons (Fsp3) is 0.417. The van der Waals surface area contributed by atoms with E-state index in [9.17, 15) is 17.6 Å². The van der Waals surface area contributed by atoms with Crippen molar-refractivity contribution in [1.82, 2.24) is 4.90 Å². The van der Waals surface area contributed by atoms with Crippen LogP contribution < -0.4 is 5.14 Å². The van der Waals surface area contributed by atoms with Crippen LogP contribution in [0.1, 0.15) is 29.6 Å². The second kappa shape index (κ2) is 5.72. The van der Waals surface area contributed by atoms with E-state index in [-0.39, 0.29) is 11.6 Å². The molecule has 5 nitrogen and oxygen atoms in total. The second-order valence-electron chi connectivity index (χ2n) is 4.91. The Morgan fingerprint density at radius 1 is 1.38 bits per heavy atom. The lowest BCUT2D eigenvalue weighted by Gasteiger charge is -2.35. The summed E-state index contributed by atoms with van der Waals surface area (Å²) < 4.78 is 36.8. The molecule has 21 heavy (non-hydrogen) atoms. The van der Waals surface area contributed by atoms with Gasteiger partial charge in [0.1, 0.15) is 10.7 Å². The molecule has 0 heterocycles. The van der Waals surface area contributed by atoms with E-state index < -0.39 is 36.7 Å². The van der Waals surface area contributed by atoms with Crippen molar-refractivity contribution >= 4 is 39.1 Å². The molecule has 0 spiro atoms. The lowest BCUT2D eigenvalue weighted by molar-refractivity contribution is 0.0651. The van der Waals surface area contributed by atoms with Gasteiger partial charge in [0.2, 0.25) is 10.0 Å². The number of carbonyl (C=O) groups excluding carboxylic acids is 1. The summed E-state index contributed by atoms with van der Waals surface area (Å²) in [6, 6.07) is 0.877. The van der Waals surface area contributed by atoms with E-state index in [1.807, 2.05) is 0 Å². The zero-order chi connectivity index (χ0) is 15.9. The van der Waals surface area contributed by atoms with Crippen LogP contribution in [-0.4, -0.2) is 32.3 Å². The molecular weight excluding hydrogens is 342 g/mol. The minimum absolute atomic E-state index is 0.0465. The second-order valence-corrected chi connectivity index (χ2v) is 7.16. The molecule has 1 saturated carbocycles. The van der Waals surface area contributed by atoms with E-state index in [0.717, 1.165) is 25.3 Å². The normalized spacial score (nSPS) is 15.7. The Morgan fingerprint density at radius 3 is 2.38 bits per heavy atom. The van der Waals surface area contributed by atoms with Crippen molar-refractivity contribution in [2.24, 2.45) is 5.14 Å². The van der Waals surface area contributed by atoms with Gasteiger partial charge in [0.05, 0.1) is 15.6 Å². The molecule has 0 saturated heterocycles. The average Bonchev–Trinajstić information content (AvgIpc) is 2.29. The first kappa shape index (κ1) is 16.5. The van der Waals surface area contributed by atoms with Crippen LogP contribution in [0.3, 0.4) is 0 Å². The Bertz CT molecular complexity index is 705. The predicted octanol–water partition coefficient (Wildman–Crippen LogP) is 2.40. The number of nitrogens with two attached hydrogens (primary N) is 1. The van der Waals surface area contributed by atoms with Crippen molar-refractivity contribution < 1.29 is 17.6 Å². The average molecular weight is 355 g/mol. The number of halogens is 3. The molecule has 1 amide bonds. The van der Waals surface area contributed by atoms with Crippen LogP contribution in [0.15, 0.2) is 11.0 Å². The maximum absolute atomic E-state index is 13.8. The summed E-state index contributed by atoms with van der Waals surface area (Å²) in [7, 11) is -2.79. The number of hydrogen-bond donors (Lipinski definition) is 1. The molecule has 0 unspecified atom stereocenters. The first-order chi connectivity index (χ1) is 9.64. The number of carbonyl (C=O) groups is 1. The Hall–Kier alpha value is -0.890. The van der Waals surface area contributed by atoms with Gasteiger partial charge in [-0.3, -0.25) is 4.79 Å². The first-order valence-corrected chi connectivity index (χ1v) is 8.42. The standard InChI is InChI=1S/C12H13Cl2FN2O3S/c1-17(6-3-2-4-6)12(18)7-5-8(15)10(14)11(9(7)13)21(16,19)20/h5-6H,2-4H2,1H3,(H2,16,19,20). The van der Waals surface area contributed by atoms with Crippen LogP contribution in [0.2, 0.25) is 10.0 Å². The Balaban J connectivity index is 2.54. The number of nitrogens with zero attached hydrogens (tertiary/aromatic N) is 1. The summed E-state index contributed by atoms with van der Waals surface area (Å²) in [5.74, 6) is -1.62. The Kier molecular flexibility index (Phi) is 4.49. The minimum atomic E-state index is -4.35. The van der Waals surface area contributed by atoms with Crippen molar-refractivity contribution in [2.75, 3.05) is 7.05 Å². The van der Waals surface area contributed by atoms with Crippen LogP contribution in [0.25, 0.3) is 0 Å². The zero-order valence-electron chi connectivity index (χ0n) is 11.1. The highest BCUT2D eigenvalue weighted by atomic mass is 35.5. The largest absolute Gasteiger partial charge is 0.339 e. The summed E-state index contributed by atoms with van der Waals surface area (Å²) in [5.41, 5.74) is -0.267. The Morgan fingerprint density at radius 2 is 1.95 bits per heavy atom. The van der Waals surface area contributed by atoms with E-state index >= 15 is 0 Å². The van der Waals surface area contributed by atoms with Crippen molar-refractivity contribution in [2.45, 2.75) is 30.2 Å². The van der Waals surface area contributed by atoms with Gasteiger partial charge in [-0.25, -0.2) is 17.9 Å². The highest BCUT2D eigenvalue weighted by Crippen LogP contribution is 2.35. The summed E-state index contributed by atoms with van der Waals surface area (Å²) in [4.78, 5) is 13.0. The van der Waals surface area contributed by atoms with Gasteiger partial charge in [0, 0.05) is 13.1 Å². The molecular formula is C12H13Cl2FN2O3S. The third kappa shape index (κ3) is 3.01. The quantitative estimate of drug-likeness (QED) is 0.846. The van der Waals surface area contributed by atoms with E-state index in [4.69, 9.17) is 28.3 Å². The lowest BCUT2D eigenvalue weighted by atomic mass is 9.91. The fourth-order valence-corrected chi connectivity index (χ4v) is 3.90. The lowest BCUT2D eigenvalue weighted by Crippen LogP contribution is -2.41. The van der Waals surface area contributed by atoms with Crippen molar-refractivity contribution in [3.05, 3.63) is 27.5 Å². The van der Waals surface area contributed by atoms with E-state index in [1.54, 1.807) is 7.05 Å². The molecule has 1 aromatic rings. The molecule has 1 aliphatic carbocycles. The van der Waals surface area contributed by atoms with Gasteiger partial charge in [-0.15, -0.1) is 0 Å². The molecule has 0 aromatic heterocycles. The number of benzene rings is 1. The number of rotatable bonds is 3. The van der Waals surface area contributed by atoms with Gasteiger partial charge in [0.15, 0.2) is 0 Å². The molecule has 9 heteroatoms. The molecule has 0 aliphatic heterocycles. The first-order valence-electron chi connectivity index (χ1n) is 6.12. The maximum Gasteiger partial charge on any atom is 0.255 e. The third-order valence-corrected chi connectivity index (χ3v) is 5.54. The Labute approximate surface area is 131 Å². The van der Waals surface area contributed by atoms with Gasteiger partial charge in [-0.2, -0.15) is 0 Å². The van der Waals surface area contributed by atoms with Gasteiger partial charge in [0.25, 0.3) is 5.91 Å². The molecule has 0 radical (unpaired) electrons. The summed E-state index contributed by atoms with van der Waals surface area (Å²) in [6.07, 6.45) is 2.70. The summed E-state index contributed by atoms with van der Waals surface area (Å²) in [6.45, 7) is 0. The topological polar surface area (TPSA) is 80.5 Å². The number of hydrogen-bond acceptors (Lipinski definition) is 3. The van der Waals surface area contributed by atoms with Crippen LogP contribution in [0.5, 0.6) is 0 Å². The van der Waals surface area contributed by atoms with Crippen LogP contribution in [0.4, 0.5) is 4.39 Å². The van der Waals surface area contributed by atoms with Gasteiger partial charge in [-0.1, -0.05) is 23.2 Å². The van der Waals surface area contributed by atoms with Crippen LogP contribution in [0, 0.1) is 5.82 Å². The number of sulfonamides is 1. The minimum Gasteiger partial charge on any atom is -0.339 e. The molecule has 0 bridgehead atoms. The number of primary sulfonamides is 1. The van der Waals surface area contributed by atoms with Crippen LogP contribution in [-0.2, 0) is 10.0 Å². The molecule has 0 atom stereocenters. The highest BCUT2D eigenvalue weighted by molar-refractivity contribution is 7.89. The monoisotopic (exact) mass is 354 g/mol. The summed E-state index contributed by atoms with van der Waals surface area (Å²) >= 11 is 11.5. The maximum atomic E-state index is 13.8. The van der Waals surface area contributed by atoms with Gasteiger partial charge < -0.3 is 4.90 Å².